The van der Waals surface area contributed by atoms with E-state index in [0.29, 0.717) is 0 Å². The van der Waals surface area contributed by atoms with Crippen LogP contribution in [-0.2, 0) is 0 Å². The van der Waals surface area contributed by atoms with E-state index in [2.05, 4.69) is 113 Å². The average molecular weight is 523 g/mol. The van der Waals surface area contributed by atoms with Crippen molar-refractivity contribution in [2.75, 3.05) is 0 Å². The molecule has 0 fully saturated rings. The summed E-state index contributed by atoms with van der Waals surface area (Å²) in [5.41, 5.74) is 7.34. The summed E-state index contributed by atoms with van der Waals surface area (Å²) in [6.07, 6.45) is 5.59. The van der Waals surface area contributed by atoms with Crippen LogP contribution in [-0.4, -0.2) is 19.5 Å². The third kappa shape index (κ3) is 3.19. The van der Waals surface area contributed by atoms with Gasteiger partial charge in [0.25, 0.3) is 0 Å². The molecule has 0 amide bonds. The van der Waals surface area contributed by atoms with Crippen LogP contribution in [0, 0.1) is 0 Å². The second kappa shape index (κ2) is 8.44. The minimum Gasteiger partial charge on any atom is -0.309 e. The van der Waals surface area contributed by atoms with E-state index in [1.807, 2.05) is 30.7 Å². The number of aromatic nitrogens is 4. The third-order valence-electron chi connectivity index (χ3n) is 8.28. The van der Waals surface area contributed by atoms with Crippen LogP contribution in [0.3, 0.4) is 0 Å². The van der Waals surface area contributed by atoms with Crippen LogP contribution >= 0.6 is 0 Å². The van der Waals surface area contributed by atoms with Crippen LogP contribution in [0.2, 0.25) is 0 Å². The summed E-state index contributed by atoms with van der Waals surface area (Å²) in [5.74, 6) is 0. The maximum Gasteiger partial charge on any atom is 0.0985 e. The van der Waals surface area contributed by atoms with Crippen LogP contribution in [0.15, 0.2) is 134 Å². The molecule has 0 unspecified atom stereocenters. The zero-order chi connectivity index (χ0) is 26.9. The van der Waals surface area contributed by atoms with E-state index in [9.17, 15) is 0 Å². The van der Waals surface area contributed by atoms with Gasteiger partial charge in [0.05, 0.1) is 33.4 Å². The second-order valence-electron chi connectivity index (χ2n) is 10.5. The number of rotatable bonds is 2. The summed E-state index contributed by atoms with van der Waals surface area (Å²) in [6.45, 7) is 0. The molecule has 0 radical (unpaired) electrons. The largest absolute Gasteiger partial charge is 0.309 e. The molecule has 9 aromatic rings. The summed E-state index contributed by atoms with van der Waals surface area (Å²) in [5, 5.41) is 9.39. The SMILES string of the molecule is c1ccc2c(-c3ccc4c(c3)c3c5ccccc5ccc3n4-c3cc4cccnc4c4ncccc34)nccc2c1. The normalized spacial score (nSPS) is 11.9. The van der Waals surface area contributed by atoms with Gasteiger partial charge in [-0.15, -0.1) is 0 Å². The highest BCUT2D eigenvalue weighted by atomic mass is 15.0. The highest BCUT2D eigenvalue weighted by molar-refractivity contribution is 6.23. The monoisotopic (exact) mass is 522 g/mol. The molecule has 41 heavy (non-hydrogen) atoms. The molecule has 4 heterocycles. The maximum atomic E-state index is 4.84. The molecule has 0 aliphatic heterocycles. The van der Waals surface area contributed by atoms with Gasteiger partial charge in [0.2, 0.25) is 0 Å². The molecule has 4 heteroatoms. The van der Waals surface area contributed by atoms with Gasteiger partial charge in [-0.3, -0.25) is 15.0 Å². The Kier molecular flexibility index (Phi) is 4.58. The summed E-state index contributed by atoms with van der Waals surface area (Å²) in [4.78, 5) is 14.3. The van der Waals surface area contributed by atoms with Crippen molar-refractivity contribution in [1.29, 1.82) is 0 Å². The van der Waals surface area contributed by atoms with E-state index in [-0.39, 0.29) is 0 Å². The number of nitrogens with zero attached hydrogens (tertiary/aromatic N) is 4. The first-order chi connectivity index (χ1) is 20.3. The van der Waals surface area contributed by atoms with Crippen LogP contribution in [0.5, 0.6) is 0 Å². The lowest BCUT2D eigenvalue weighted by Crippen LogP contribution is -1.97. The van der Waals surface area contributed by atoms with E-state index in [1.54, 1.807) is 0 Å². The van der Waals surface area contributed by atoms with Gasteiger partial charge >= 0.3 is 0 Å². The number of benzene rings is 5. The first-order valence-corrected chi connectivity index (χ1v) is 13.8. The number of pyridine rings is 3. The van der Waals surface area contributed by atoms with Crippen molar-refractivity contribution in [2.24, 2.45) is 0 Å². The molecule has 5 aromatic carbocycles. The summed E-state index contributed by atoms with van der Waals surface area (Å²) >= 11 is 0. The standard InChI is InChI=1S/C37H22N4/c1-3-10-27-23(7-1)13-16-32-34(27)30-21-26(35-28-11-4-2-8-24(28)17-20-40-35)14-15-31(30)41(32)33-22-25-9-5-18-38-36(25)37-29(33)12-6-19-39-37/h1-22H. The first-order valence-electron chi connectivity index (χ1n) is 13.8. The molecule has 0 saturated carbocycles. The predicted octanol–water partition coefficient (Wildman–Crippen LogP) is 9.25. The van der Waals surface area contributed by atoms with Crippen molar-refractivity contribution in [3.63, 3.8) is 0 Å². The topological polar surface area (TPSA) is 43.6 Å². The molecule has 4 nitrogen and oxygen atoms in total. The Labute approximate surface area is 235 Å². The predicted molar refractivity (Wildman–Crippen MR) is 170 cm³/mol. The highest BCUT2D eigenvalue weighted by Crippen LogP contribution is 2.41. The summed E-state index contributed by atoms with van der Waals surface area (Å²) < 4.78 is 2.40. The average Bonchev–Trinajstić information content (AvgIpc) is 3.38. The van der Waals surface area contributed by atoms with E-state index < -0.39 is 0 Å². The lowest BCUT2D eigenvalue weighted by Gasteiger charge is -2.13. The Morgan fingerprint density at radius 3 is 2.05 bits per heavy atom. The molecule has 0 aliphatic rings. The minimum absolute atomic E-state index is 0.910. The zero-order valence-electron chi connectivity index (χ0n) is 22.0. The van der Waals surface area contributed by atoms with Crippen molar-refractivity contribution in [3.05, 3.63) is 134 Å². The van der Waals surface area contributed by atoms with Crippen molar-refractivity contribution in [1.82, 2.24) is 19.5 Å². The quantitative estimate of drug-likeness (QED) is 0.213. The lowest BCUT2D eigenvalue weighted by molar-refractivity contribution is 1.20. The van der Waals surface area contributed by atoms with Gasteiger partial charge in [-0.2, -0.15) is 0 Å². The Hall–Kier alpha value is -5.61. The smallest absolute Gasteiger partial charge is 0.0985 e. The molecule has 4 aromatic heterocycles. The van der Waals surface area contributed by atoms with Gasteiger partial charge in [0, 0.05) is 51.1 Å². The van der Waals surface area contributed by atoms with Crippen molar-refractivity contribution < 1.29 is 0 Å². The minimum atomic E-state index is 0.910. The van der Waals surface area contributed by atoms with Crippen LogP contribution in [0.1, 0.15) is 0 Å². The summed E-state index contributed by atoms with van der Waals surface area (Å²) in [7, 11) is 0. The Morgan fingerprint density at radius 1 is 0.439 bits per heavy atom. The van der Waals surface area contributed by atoms with Gasteiger partial charge in [0.15, 0.2) is 0 Å². The maximum absolute atomic E-state index is 4.84. The van der Waals surface area contributed by atoms with Crippen molar-refractivity contribution >= 4 is 65.2 Å². The fourth-order valence-corrected chi connectivity index (χ4v) is 6.49. The van der Waals surface area contributed by atoms with Crippen LogP contribution < -0.4 is 0 Å². The Balaban J connectivity index is 1.45. The van der Waals surface area contributed by atoms with E-state index in [0.717, 1.165) is 55.2 Å². The van der Waals surface area contributed by atoms with Gasteiger partial charge in [0.1, 0.15) is 0 Å². The van der Waals surface area contributed by atoms with E-state index in [1.165, 1.54) is 26.9 Å². The number of hydrogen-bond donors (Lipinski definition) is 0. The first kappa shape index (κ1) is 22.2. The molecular weight excluding hydrogens is 500 g/mol. The summed E-state index contributed by atoms with van der Waals surface area (Å²) in [6, 6.07) is 41.0. The molecule has 9 rings (SSSR count). The molecule has 0 saturated heterocycles. The van der Waals surface area contributed by atoms with Crippen LogP contribution in [0.4, 0.5) is 0 Å². The molecule has 0 N–H and O–H groups in total. The Morgan fingerprint density at radius 2 is 1.15 bits per heavy atom. The zero-order valence-corrected chi connectivity index (χ0v) is 22.0. The molecule has 0 bridgehead atoms. The molecule has 0 atom stereocenters. The molecule has 0 spiro atoms. The molecule has 190 valence electrons. The van der Waals surface area contributed by atoms with Crippen LogP contribution in [0.25, 0.3) is 82.1 Å². The number of hydrogen-bond acceptors (Lipinski definition) is 3. The van der Waals surface area contributed by atoms with E-state index >= 15 is 0 Å². The van der Waals surface area contributed by atoms with Crippen molar-refractivity contribution in [2.45, 2.75) is 0 Å². The third-order valence-corrected chi connectivity index (χ3v) is 8.28. The van der Waals surface area contributed by atoms with Crippen molar-refractivity contribution in [3.8, 4) is 16.9 Å². The van der Waals surface area contributed by atoms with Gasteiger partial charge in [-0.05, 0) is 64.7 Å². The lowest BCUT2D eigenvalue weighted by atomic mass is 10.00. The molecule has 0 aliphatic carbocycles. The number of fused-ring (bicyclic) bond motifs is 9. The fourth-order valence-electron chi connectivity index (χ4n) is 6.49. The van der Waals surface area contributed by atoms with Gasteiger partial charge in [-0.1, -0.05) is 66.7 Å². The van der Waals surface area contributed by atoms with Gasteiger partial charge in [-0.25, -0.2) is 0 Å². The fraction of sp³-hybridized carbons (Fsp3) is 0. The van der Waals surface area contributed by atoms with E-state index in [4.69, 9.17) is 9.97 Å². The Bertz CT molecular complexity index is 2480. The van der Waals surface area contributed by atoms with Gasteiger partial charge < -0.3 is 4.57 Å². The second-order valence-corrected chi connectivity index (χ2v) is 10.5. The highest BCUT2D eigenvalue weighted by Gasteiger charge is 2.19. The molecular formula is C37H22N4.